The van der Waals surface area contributed by atoms with Crippen LogP contribution in [0.1, 0.15) is 36.3 Å². The number of hydrazone groups is 1. The highest BCUT2D eigenvalue weighted by atomic mass is 32.2. The van der Waals surface area contributed by atoms with Crippen molar-refractivity contribution in [1.82, 2.24) is 4.41 Å². The van der Waals surface area contributed by atoms with E-state index < -0.39 is 16.1 Å². The maximum Gasteiger partial charge on any atom is 0.279 e. The van der Waals surface area contributed by atoms with Crippen LogP contribution in [-0.4, -0.2) is 24.5 Å². The number of hydrogen-bond acceptors (Lipinski definition) is 5. The molecule has 3 aromatic rings. The number of sulfonamides is 1. The number of carbonyl (C=O) groups is 1. The number of aryl methyl sites for hydroxylation is 1. The van der Waals surface area contributed by atoms with Crippen molar-refractivity contribution in [2.45, 2.75) is 31.2 Å². The Balaban J connectivity index is 1.74. The molecule has 7 nitrogen and oxygen atoms in total. The van der Waals surface area contributed by atoms with E-state index in [1.54, 1.807) is 55.5 Å². The van der Waals surface area contributed by atoms with Gasteiger partial charge in [-0.3, -0.25) is 4.79 Å². The monoisotopic (exact) mass is 423 g/mol. The van der Waals surface area contributed by atoms with Gasteiger partial charge in [0.25, 0.3) is 10.0 Å². The number of nitrogens with zero attached hydrogens (tertiary/aromatic N) is 2. The molecule has 0 bridgehead atoms. The van der Waals surface area contributed by atoms with Crippen LogP contribution in [0.15, 0.2) is 81.3 Å². The fourth-order valence-corrected chi connectivity index (χ4v) is 5.12. The molecule has 8 heteroatoms. The molecule has 0 saturated carbocycles. The third-order valence-electron chi connectivity index (χ3n) is 4.90. The Morgan fingerprint density at radius 3 is 2.47 bits per heavy atom. The molecule has 1 aromatic heterocycles. The Morgan fingerprint density at radius 2 is 1.83 bits per heavy atom. The summed E-state index contributed by atoms with van der Waals surface area (Å²) in [7, 11) is -3.88. The van der Waals surface area contributed by atoms with E-state index in [9.17, 15) is 13.2 Å². The molecule has 4 rings (SSSR count). The first kappa shape index (κ1) is 19.9. The van der Waals surface area contributed by atoms with Crippen molar-refractivity contribution in [1.29, 1.82) is 0 Å². The molecule has 1 N–H and O–H groups in total. The Hall–Kier alpha value is -3.39. The molecule has 2 aromatic carbocycles. The minimum Gasteiger partial charge on any atom is -0.467 e. The zero-order valence-electron chi connectivity index (χ0n) is 16.6. The average Bonchev–Trinajstić information content (AvgIpc) is 3.38. The summed E-state index contributed by atoms with van der Waals surface area (Å²) in [6, 6.07) is 16.9. The van der Waals surface area contributed by atoms with E-state index in [1.807, 2.05) is 12.1 Å². The van der Waals surface area contributed by atoms with Gasteiger partial charge in [-0.2, -0.15) is 17.9 Å². The van der Waals surface area contributed by atoms with Crippen LogP contribution in [0.25, 0.3) is 0 Å². The van der Waals surface area contributed by atoms with Crippen LogP contribution in [0.3, 0.4) is 0 Å². The molecule has 30 heavy (non-hydrogen) atoms. The lowest BCUT2D eigenvalue weighted by molar-refractivity contribution is -0.114. The lowest BCUT2D eigenvalue weighted by Crippen LogP contribution is -2.27. The van der Waals surface area contributed by atoms with E-state index in [0.717, 1.165) is 9.98 Å². The van der Waals surface area contributed by atoms with Gasteiger partial charge >= 0.3 is 0 Å². The van der Waals surface area contributed by atoms with Gasteiger partial charge in [0.05, 0.1) is 16.9 Å². The second kappa shape index (κ2) is 7.79. The number of amides is 1. The van der Waals surface area contributed by atoms with E-state index in [0.29, 0.717) is 29.1 Å². The molecule has 0 saturated heterocycles. The fraction of sp³-hybridized carbons (Fsp3) is 0.182. The van der Waals surface area contributed by atoms with Crippen molar-refractivity contribution in [3.05, 3.63) is 83.8 Å². The largest absolute Gasteiger partial charge is 0.467 e. The number of rotatable bonds is 5. The van der Waals surface area contributed by atoms with Crippen LogP contribution in [0.2, 0.25) is 0 Å². The highest BCUT2D eigenvalue weighted by molar-refractivity contribution is 7.89. The lowest BCUT2D eigenvalue weighted by Gasteiger charge is -2.22. The zero-order chi connectivity index (χ0) is 21.3. The Bertz CT molecular complexity index is 1200. The Kier molecular flexibility index (Phi) is 5.17. The van der Waals surface area contributed by atoms with E-state index in [4.69, 9.17) is 4.42 Å². The molecule has 154 valence electrons. The minimum absolute atomic E-state index is 0.158. The van der Waals surface area contributed by atoms with Gasteiger partial charge in [-0.15, -0.1) is 0 Å². The van der Waals surface area contributed by atoms with Crippen LogP contribution >= 0.6 is 0 Å². The summed E-state index contributed by atoms with van der Waals surface area (Å²) in [5.41, 5.74) is 2.72. The number of hydrogen-bond donors (Lipinski definition) is 1. The molecule has 1 amide bonds. The van der Waals surface area contributed by atoms with Crippen LogP contribution in [-0.2, 0) is 14.8 Å². The van der Waals surface area contributed by atoms with Crippen molar-refractivity contribution in [3.63, 3.8) is 0 Å². The van der Waals surface area contributed by atoms with Gasteiger partial charge in [-0.1, -0.05) is 30.3 Å². The molecule has 0 radical (unpaired) electrons. The molecule has 0 aliphatic carbocycles. The molecule has 1 aliphatic heterocycles. The normalized spacial score (nSPS) is 16.4. The average molecular weight is 423 g/mol. The van der Waals surface area contributed by atoms with Crippen molar-refractivity contribution in [2.75, 3.05) is 5.32 Å². The van der Waals surface area contributed by atoms with E-state index in [2.05, 4.69) is 10.4 Å². The molecule has 1 aliphatic rings. The predicted molar refractivity (Wildman–Crippen MR) is 114 cm³/mol. The van der Waals surface area contributed by atoms with Gasteiger partial charge in [0.2, 0.25) is 5.91 Å². The number of anilines is 1. The minimum atomic E-state index is -3.88. The highest BCUT2D eigenvalue weighted by Crippen LogP contribution is 2.38. The Morgan fingerprint density at radius 1 is 1.10 bits per heavy atom. The zero-order valence-corrected chi connectivity index (χ0v) is 17.4. The molecule has 0 unspecified atom stereocenters. The summed E-state index contributed by atoms with van der Waals surface area (Å²) in [4.78, 5) is 11.4. The van der Waals surface area contributed by atoms with Gasteiger partial charge in [-0.25, -0.2) is 0 Å². The second-order valence-corrected chi connectivity index (χ2v) is 8.85. The van der Waals surface area contributed by atoms with Crippen molar-refractivity contribution >= 4 is 27.3 Å². The van der Waals surface area contributed by atoms with Gasteiger partial charge in [0, 0.05) is 19.0 Å². The summed E-state index contributed by atoms with van der Waals surface area (Å²) in [6.45, 7) is 3.20. The third kappa shape index (κ3) is 3.73. The quantitative estimate of drug-likeness (QED) is 0.669. The molecular formula is C22H21N3O4S. The number of nitrogens with one attached hydrogen (secondary N) is 1. The molecule has 0 spiro atoms. The molecular weight excluding hydrogens is 402 g/mol. The van der Waals surface area contributed by atoms with Gasteiger partial charge in [-0.05, 0) is 48.4 Å². The Labute approximate surface area is 175 Å². The molecule has 0 fully saturated rings. The van der Waals surface area contributed by atoms with Crippen molar-refractivity contribution < 1.29 is 17.6 Å². The van der Waals surface area contributed by atoms with Gasteiger partial charge in [0.15, 0.2) is 0 Å². The van der Waals surface area contributed by atoms with E-state index in [-0.39, 0.29) is 10.8 Å². The van der Waals surface area contributed by atoms with Crippen LogP contribution in [0.5, 0.6) is 0 Å². The van der Waals surface area contributed by atoms with Crippen LogP contribution in [0.4, 0.5) is 5.69 Å². The van der Waals surface area contributed by atoms with E-state index in [1.165, 1.54) is 13.2 Å². The highest BCUT2D eigenvalue weighted by Gasteiger charge is 2.39. The first-order valence-electron chi connectivity index (χ1n) is 9.45. The fourth-order valence-electron chi connectivity index (χ4n) is 3.47. The standard InChI is InChI=1S/C22H21N3O4S/c1-15-6-3-4-8-22(15)30(27,28)25-20(21-7-5-13-29-21)14-19(24-25)17-9-11-18(12-10-17)23-16(2)26/h3-13,20H,14H2,1-2H3,(H,23,26)/t20-/m1/s1. The van der Waals surface area contributed by atoms with Gasteiger partial charge < -0.3 is 9.73 Å². The first-order chi connectivity index (χ1) is 14.4. The SMILES string of the molecule is CC(=O)Nc1ccc(C2=NN(S(=O)(=O)c3ccccc3C)[C@@H](c3ccco3)C2)cc1. The smallest absolute Gasteiger partial charge is 0.279 e. The molecule has 2 heterocycles. The van der Waals surface area contributed by atoms with Crippen molar-refractivity contribution in [2.24, 2.45) is 5.10 Å². The first-order valence-corrected chi connectivity index (χ1v) is 10.9. The van der Waals surface area contributed by atoms with E-state index >= 15 is 0 Å². The lowest BCUT2D eigenvalue weighted by atomic mass is 10.0. The topological polar surface area (TPSA) is 92.0 Å². The number of benzene rings is 2. The predicted octanol–water partition coefficient (Wildman–Crippen LogP) is 4.09. The number of carbonyl (C=O) groups excluding carboxylic acids is 1. The summed E-state index contributed by atoms with van der Waals surface area (Å²) in [6.07, 6.45) is 1.90. The number of furan rings is 1. The maximum atomic E-state index is 13.4. The summed E-state index contributed by atoms with van der Waals surface area (Å²) < 4.78 is 33.6. The summed E-state index contributed by atoms with van der Waals surface area (Å²) >= 11 is 0. The second-order valence-electron chi connectivity index (χ2n) is 7.08. The summed E-state index contributed by atoms with van der Waals surface area (Å²) in [5.74, 6) is 0.370. The van der Waals surface area contributed by atoms with Crippen LogP contribution in [0, 0.1) is 6.92 Å². The summed E-state index contributed by atoms with van der Waals surface area (Å²) in [5, 5.41) is 7.20. The van der Waals surface area contributed by atoms with Crippen molar-refractivity contribution in [3.8, 4) is 0 Å². The van der Waals surface area contributed by atoms with Gasteiger partial charge in [0.1, 0.15) is 11.8 Å². The molecule has 1 atom stereocenters. The third-order valence-corrected chi connectivity index (χ3v) is 6.74. The van der Waals surface area contributed by atoms with Crippen LogP contribution < -0.4 is 5.32 Å². The maximum absolute atomic E-state index is 13.4.